The van der Waals surface area contributed by atoms with Crippen LogP contribution in [0.4, 0.5) is 0 Å². The van der Waals surface area contributed by atoms with Crippen LogP contribution in [0.25, 0.3) is 0 Å². The number of carbonyl (C=O) groups excluding carboxylic acids is 3. The van der Waals surface area contributed by atoms with E-state index >= 15 is 0 Å². The van der Waals surface area contributed by atoms with Gasteiger partial charge in [-0.3, -0.25) is 24.9 Å². The van der Waals surface area contributed by atoms with Crippen LogP contribution in [0.1, 0.15) is 60.4 Å². The average molecular weight is 621 g/mol. The lowest BCUT2D eigenvalue weighted by Crippen LogP contribution is -2.55. The number of nitrogens with zero attached hydrogens (tertiary/aromatic N) is 2. The predicted octanol–water partition coefficient (Wildman–Crippen LogP) is 3.09. The fourth-order valence-electron chi connectivity index (χ4n) is 5.31. The first-order valence-electron chi connectivity index (χ1n) is 14.5. The molecule has 1 aromatic heterocycles. The molecule has 0 radical (unpaired) electrons. The topological polar surface area (TPSA) is 158 Å². The summed E-state index contributed by atoms with van der Waals surface area (Å²) in [5.74, 6) is -1.29. The molecule has 0 unspecified atom stereocenters. The van der Waals surface area contributed by atoms with Crippen LogP contribution in [-0.4, -0.2) is 64.5 Å². The Morgan fingerprint density at radius 1 is 1.05 bits per heavy atom. The molecule has 2 atom stereocenters. The highest BCUT2D eigenvalue weighted by atomic mass is 32.1. The number of benzene rings is 2. The Morgan fingerprint density at radius 2 is 1.68 bits per heavy atom. The summed E-state index contributed by atoms with van der Waals surface area (Å²) in [6.45, 7) is 5.88. The molecule has 0 spiro atoms. The van der Waals surface area contributed by atoms with Gasteiger partial charge in [0.05, 0.1) is 24.0 Å². The van der Waals surface area contributed by atoms with Gasteiger partial charge < -0.3 is 20.7 Å². The van der Waals surface area contributed by atoms with Crippen molar-refractivity contribution >= 4 is 35.0 Å². The SMILES string of the molecule is CC(C)(C)OC(=O)CN[C@@H](C(=O)N1CCC[C@H]1C(=O)NCc1ccc(/C(N)=N/NO)s1)C(c1ccccc1)c1ccccc1. The van der Waals surface area contributed by atoms with Gasteiger partial charge in [-0.25, -0.2) is 0 Å². The Hall–Kier alpha value is -4.26. The second kappa shape index (κ2) is 15.0. The number of nitrogens with one attached hydrogen (secondary N) is 3. The summed E-state index contributed by atoms with van der Waals surface area (Å²) in [4.78, 5) is 43.8. The lowest BCUT2D eigenvalue weighted by atomic mass is 9.84. The lowest BCUT2D eigenvalue weighted by molar-refractivity contribution is -0.154. The Kier molecular flexibility index (Phi) is 11.1. The van der Waals surface area contributed by atoms with Crippen LogP contribution < -0.4 is 22.0 Å². The number of hydrazone groups is 1. The molecule has 2 aromatic carbocycles. The molecule has 0 bridgehead atoms. The lowest BCUT2D eigenvalue weighted by Gasteiger charge is -2.34. The number of ether oxygens (including phenoxy) is 1. The van der Waals surface area contributed by atoms with Crippen LogP contribution in [0.2, 0.25) is 0 Å². The zero-order valence-corrected chi connectivity index (χ0v) is 26.0. The van der Waals surface area contributed by atoms with Crippen molar-refractivity contribution in [3.63, 3.8) is 0 Å². The number of thiophene rings is 1. The molecule has 11 nitrogen and oxygen atoms in total. The number of nitrogens with two attached hydrogens (primary N) is 1. The third-order valence-electron chi connectivity index (χ3n) is 7.16. The summed E-state index contributed by atoms with van der Waals surface area (Å²) in [6, 6.07) is 21.4. The van der Waals surface area contributed by atoms with Crippen LogP contribution in [0.3, 0.4) is 0 Å². The van der Waals surface area contributed by atoms with E-state index in [1.807, 2.05) is 66.7 Å². The van der Waals surface area contributed by atoms with E-state index in [4.69, 9.17) is 15.7 Å². The van der Waals surface area contributed by atoms with E-state index < -0.39 is 29.6 Å². The predicted molar refractivity (Wildman–Crippen MR) is 169 cm³/mol. The summed E-state index contributed by atoms with van der Waals surface area (Å²) < 4.78 is 5.53. The first-order chi connectivity index (χ1) is 21.1. The minimum atomic E-state index is -0.844. The number of amides is 2. The van der Waals surface area contributed by atoms with Gasteiger partial charge in [-0.1, -0.05) is 60.7 Å². The van der Waals surface area contributed by atoms with Crippen molar-refractivity contribution in [3.8, 4) is 0 Å². The van der Waals surface area contributed by atoms with E-state index in [0.717, 1.165) is 16.0 Å². The van der Waals surface area contributed by atoms with Crippen LogP contribution >= 0.6 is 11.3 Å². The molecule has 0 saturated carbocycles. The number of hydrogen-bond acceptors (Lipinski definition) is 9. The van der Waals surface area contributed by atoms with E-state index in [-0.39, 0.29) is 30.7 Å². The van der Waals surface area contributed by atoms with Gasteiger partial charge in [0.2, 0.25) is 11.8 Å². The fourth-order valence-corrected chi connectivity index (χ4v) is 6.16. The first kappa shape index (κ1) is 32.6. The van der Waals surface area contributed by atoms with E-state index in [0.29, 0.717) is 24.3 Å². The van der Waals surface area contributed by atoms with Crippen molar-refractivity contribution in [2.24, 2.45) is 10.8 Å². The largest absolute Gasteiger partial charge is 0.459 e. The number of rotatable bonds is 12. The normalized spacial score (nSPS) is 16.1. The van der Waals surface area contributed by atoms with Crippen molar-refractivity contribution < 1.29 is 24.3 Å². The average Bonchev–Trinajstić information content (AvgIpc) is 3.68. The van der Waals surface area contributed by atoms with Crippen LogP contribution in [0.15, 0.2) is 77.9 Å². The van der Waals surface area contributed by atoms with Crippen molar-refractivity contribution in [1.82, 2.24) is 21.1 Å². The summed E-state index contributed by atoms with van der Waals surface area (Å²) in [7, 11) is 0. The molecule has 12 heteroatoms. The van der Waals surface area contributed by atoms with E-state index in [2.05, 4.69) is 15.7 Å². The smallest absolute Gasteiger partial charge is 0.320 e. The molecule has 6 N–H and O–H groups in total. The Bertz CT molecular complexity index is 1400. The van der Waals surface area contributed by atoms with Gasteiger partial charge in [-0.2, -0.15) is 5.59 Å². The maximum Gasteiger partial charge on any atom is 0.320 e. The van der Waals surface area contributed by atoms with E-state index in [1.165, 1.54) is 11.3 Å². The van der Waals surface area contributed by atoms with Gasteiger partial charge in [-0.05, 0) is 56.9 Å². The summed E-state index contributed by atoms with van der Waals surface area (Å²) in [5, 5.41) is 18.5. The molecule has 4 rings (SSSR count). The second-order valence-electron chi connectivity index (χ2n) is 11.5. The Morgan fingerprint density at radius 3 is 2.27 bits per heavy atom. The molecule has 44 heavy (non-hydrogen) atoms. The van der Waals surface area contributed by atoms with E-state index in [9.17, 15) is 14.4 Å². The molecular weight excluding hydrogens is 580 g/mol. The van der Waals surface area contributed by atoms with Gasteiger partial charge in [0.25, 0.3) is 0 Å². The molecule has 2 amide bonds. The van der Waals surface area contributed by atoms with Gasteiger partial charge in [0.1, 0.15) is 11.6 Å². The molecule has 1 fully saturated rings. The second-order valence-corrected chi connectivity index (χ2v) is 12.7. The van der Waals surface area contributed by atoms with Gasteiger partial charge in [0, 0.05) is 17.3 Å². The minimum absolute atomic E-state index is 0.124. The third-order valence-corrected chi connectivity index (χ3v) is 8.27. The fraction of sp³-hybridized carbons (Fsp3) is 0.375. The van der Waals surface area contributed by atoms with Crippen molar-refractivity contribution in [1.29, 1.82) is 0 Å². The van der Waals surface area contributed by atoms with Gasteiger partial charge in [0.15, 0.2) is 5.84 Å². The molecule has 234 valence electrons. The maximum atomic E-state index is 14.4. The zero-order chi connectivity index (χ0) is 31.7. The summed E-state index contributed by atoms with van der Waals surface area (Å²) in [6.07, 6.45) is 1.20. The monoisotopic (exact) mass is 620 g/mol. The Labute approximate surface area is 261 Å². The number of amidine groups is 1. The number of hydrogen-bond donors (Lipinski definition) is 5. The summed E-state index contributed by atoms with van der Waals surface area (Å²) >= 11 is 1.33. The highest BCUT2D eigenvalue weighted by Gasteiger charge is 2.41. The van der Waals surface area contributed by atoms with Gasteiger partial charge in [-0.15, -0.1) is 16.4 Å². The number of carbonyl (C=O) groups is 3. The first-order valence-corrected chi connectivity index (χ1v) is 15.3. The highest BCUT2D eigenvalue weighted by Crippen LogP contribution is 2.31. The summed E-state index contributed by atoms with van der Waals surface area (Å²) in [5.41, 5.74) is 8.61. The molecule has 1 aliphatic heterocycles. The minimum Gasteiger partial charge on any atom is -0.459 e. The van der Waals surface area contributed by atoms with Crippen molar-refractivity contribution in [2.75, 3.05) is 13.1 Å². The quantitative estimate of drug-likeness (QED) is 0.0895. The third kappa shape index (κ3) is 8.65. The van der Waals surface area contributed by atoms with Crippen LogP contribution in [-0.2, 0) is 25.7 Å². The number of likely N-dealkylation sites (tertiary alicyclic amines) is 1. The van der Waals surface area contributed by atoms with E-state index in [1.54, 1.807) is 37.3 Å². The molecular formula is C32H40N6O5S. The highest BCUT2D eigenvalue weighted by molar-refractivity contribution is 7.14. The van der Waals surface area contributed by atoms with Crippen molar-refractivity contribution in [2.45, 2.75) is 63.8 Å². The zero-order valence-electron chi connectivity index (χ0n) is 25.2. The molecule has 1 aliphatic rings. The number of esters is 1. The van der Waals surface area contributed by atoms with Crippen LogP contribution in [0.5, 0.6) is 0 Å². The van der Waals surface area contributed by atoms with Crippen molar-refractivity contribution in [3.05, 3.63) is 93.7 Å². The molecule has 0 aliphatic carbocycles. The maximum absolute atomic E-state index is 14.4. The molecule has 2 heterocycles. The molecule has 3 aromatic rings. The standard InChI is InChI=1S/C32H40N6O5S/c1-32(2,3)43-26(39)20-34-28(27(21-11-6-4-7-12-21)22-13-8-5-9-14-22)31(41)38-18-10-15-24(38)30(40)35-19-23-16-17-25(44-23)29(33)36-37-42/h4-9,11-14,16-17,24,27-28,34,37,42H,10,15,18-20H2,1-3H3,(H2,33,36)(H,35,40)/t24-,28+/m0/s1. The Balaban J connectivity index is 1.57. The van der Waals surface area contributed by atoms with Gasteiger partial charge >= 0.3 is 5.97 Å². The van der Waals surface area contributed by atoms with Crippen LogP contribution in [0, 0.1) is 0 Å². The molecule has 1 saturated heterocycles.